The van der Waals surface area contributed by atoms with Crippen molar-refractivity contribution >= 4 is 31.9 Å². The van der Waals surface area contributed by atoms with Crippen LogP contribution < -0.4 is 4.74 Å². The second kappa shape index (κ2) is 6.51. The monoisotopic (exact) mass is 336 g/mol. The molecule has 0 fully saturated rings. The summed E-state index contributed by atoms with van der Waals surface area (Å²) in [5, 5.41) is 0. The van der Waals surface area contributed by atoms with Gasteiger partial charge in [0.1, 0.15) is 12.4 Å². The van der Waals surface area contributed by atoms with Gasteiger partial charge in [0.15, 0.2) is 0 Å². The van der Waals surface area contributed by atoms with E-state index in [0.29, 0.717) is 18.0 Å². The molecular formula is C11H14Br2O2. The topological polar surface area (TPSA) is 18.5 Å². The van der Waals surface area contributed by atoms with Crippen molar-refractivity contribution in [2.75, 3.05) is 20.3 Å². The van der Waals surface area contributed by atoms with E-state index in [1.165, 1.54) is 5.56 Å². The zero-order valence-corrected chi connectivity index (χ0v) is 12.0. The van der Waals surface area contributed by atoms with E-state index in [2.05, 4.69) is 44.8 Å². The van der Waals surface area contributed by atoms with Crippen LogP contribution in [0.3, 0.4) is 0 Å². The Morgan fingerprint density at radius 2 is 2.07 bits per heavy atom. The summed E-state index contributed by atoms with van der Waals surface area (Å²) in [7, 11) is 1.66. The molecule has 0 heterocycles. The Morgan fingerprint density at radius 3 is 2.60 bits per heavy atom. The molecule has 0 saturated carbocycles. The Bertz CT molecular complexity index is 313. The molecule has 0 bridgehead atoms. The first-order valence-electron chi connectivity index (χ1n) is 4.70. The van der Waals surface area contributed by atoms with Gasteiger partial charge in [0.25, 0.3) is 0 Å². The van der Waals surface area contributed by atoms with Gasteiger partial charge in [0.2, 0.25) is 0 Å². The Balaban J connectivity index is 2.66. The third kappa shape index (κ3) is 4.13. The summed E-state index contributed by atoms with van der Waals surface area (Å²) in [6.45, 7) is 3.26. The summed E-state index contributed by atoms with van der Waals surface area (Å²) in [5.74, 6) is 0.851. The van der Waals surface area contributed by atoms with E-state index in [-0.39, 0.29) is 0 Å². The lowest BCUT2D eigenvalue weighted by Crippen LogP contribution is -2.04. The van der Waals surface area contributed by atoms with E-state index >= 15 is 0 Å². The lowest BCUT2D eigenvalue weighted by atomic mass is 10.2. The summed E-state index contributed by atoms with van der Waals surface area (Å²) in [6.07, 6.45) is 0. The molecule has 0 aromatic heterocycles. The largest absolute Gasteiger partial charge is 0.490 e. The van der Waals surface area contributed by atoms with Crippen LogP contribution in [0, 0.1) is 0 Å². The molecule has 0 N–H and O–H groups in total. The minimum absolute atomic E-state index is 0.349. The molecular weight excluding hydrogens is 324 g/mol. The number of benzene rings is 1. The van der Waals surface area contributed by atoms with E-state index < -0.39 is 0 Å². The van der Waals surface area contributed by atoms with Gasteiger partial charge in [0.05, 0.1) is 11.1 Å². The van der Waals surface area contributed by atoms with Crippen LogP contribution in [0.4, 0.5) is 0 Å². The summed E-state index contributed by atoms with van der Waals surface area (Å²) in [4.78, 5) is 0.349. The molecule has 2 nitrogen and oxygen atoms in total. The van der Waals surface area contributed by atoms with Crippen molar-refractivity contribution in [3.05, 3.63) is 28.2 Å². The molecule has 0 aliphatic heterocycles. The van der Waals surface area contributed by atoms with Crippen LogP contribution in [0.1, 0.15) is 17.3 Å². The molecule has 84 valence electrons. The fourth-order valence-electron chi connectivity index (χ4n) is 1.12. The minimum Gasteiger partial charge on any atom is -0.490 e. The summed E-state index contributed by atoms with van der Waals surface area (Å²) in [6, 6.07) is 6.07. The van der Waals surface area contributed by atoms with E-state index in [0.717, 1.165) is 10.2 Å². The van der Waals surface area contributed by atoms with Crippen molar-refractivity contribution in [1.29, 1.82) is 0 Å². The highest BCUT2D eigenvalue weighted by molar-refractivity contribution is 9.10. The predicted octanol–water partition coefficient (Wildman–Crippen LogP) is 3.93. The lowest BCUT2D eigenvalue weighted by molar-refractivity contribution is 0.146. The van der Waals surface area contributed by atoms with Crippen LogP contribution in [0.5, 0.6) is 5.75 Å². The molecule has 0 aliphatic rings. The molecule has 0 radical (unpaired) electrons. The zero-order valence-electron chi connectivity index (χ0n) is 8.80. The van der Waals surface area contributed by atoms with Crippen LogP contribution in [0.2, 0.25) is 0 Å². The van der Waals surface area contributed by atoms with Crippen molar-refractivity contribution in [2.24, 2.45) is 0 Å². The normalized spacial score (nSPS) is 12.5. The van der Waals surface area contributed by atoms with Crippen molar-refractivity contribution in [1.82, 2.24) is 0 Å². The molecule has 0 spiro atoms. The molecule has 1 aromatic carbocycles. The molecule has 0 aliphatic carbocycles. The second-order valence-corrected chi connectivity index (χ2v) is 5.37. The highest BCUT2D eigenvalue weighted by atomic mass is 79.9. The standard InChI is InChI=1S/C11H14Br2O2/c1-8(12)9-3-4-11(10(13)7-9)15-6-5-14-2/h3-4,7-8H,5-6H2,1-2H3. The minimum atomic E-state index is 0.349. The smallest absolute Gasteiger partial charge is 0.133 e. The van der Waals surface area contributed by atoms with E-state index in [1.54, 1.807) is 7.11 Å². The second-order valence-electron chi connectivity index (χ2n) is 3.15. The van der Waals surface area contributed by atoms with Crippen molar-refractivity contribution < 1.29 is 9.47 Å². The third-order valence-electron chi connectivity index (χ3n) is 1.96. The SMILES string of the molecule is COCCOc1ccc(C(C)Br)cc1Br. The lowest BCUT2D eigenvalue weighted by Gasteiger charge is -2.10. The molecule has 0 saturated heterocycles. The summed E-state index contributed by atoms with van der Waals surface area (Å²) in [5.41, 5.74) is 1.22. The number of methoxy groups -OCH3 is 1. The number of hydrogen-bond acceptors (Lipinski definition) is 2. The van der Waals surface area contributed by atoms with Gasteiger partial charge in [-0.3, -0.25) is 0 Å². The van der Waals surface area contributed by atoms with Crippen LogP contribution in [0.25, 0.3) is 0 Å². The predicted molar refractivity (Wildman–Crippen MR) is 68.9 cm³/mol. The number of rotatable bonds is 5. The van der Waals surface area contributed by atoms with Gasteiger partial charge < -0.3 is 9.47 Å². The molecule has 1 unspecified atom stereocenters. The van der Waals surface area contributed by atoms with Gasteiger partial charge in [-0.05, 0) is 40.5 Å². The third-order valence-corrected chi connectivity index (χ3v) is 3.11. The fourth-order valence-corrected chi connectivity index (χ4v) is 1.91. The summed E-state index contributed by atoms with van der Waals surface area (Å²) < 4.78 is 11.4. The van der Waals surface area contributed by atoms with Gasteiger partial charge in [-0.15, -0.1) is 0 Å². The molecule has 1 rings (SSSR count). The van der Waals surface area contributed by atoms with Crippen LogP contribution in [-0.2, 0) is 4.74 Å². The Labute approximate surface area is 107 Å². The van der Waals surface area contributed by atoms with Gasteiger partial charge in [0, 0.05) is 11.9 Å². The van der Waals surface area contributed by atoms with Crippen LogP contribution in [0.15, 0.2) is 22.7 Å². The first-order valence-corrected chi connectivity index (χ1v) is 6.41. The van der Waals surface area contributed by atoms with Crippen LogP contribution in [-0.4, -0.2) is 20.3 Å². The maximum atomic E-state index is 5.52. The quantitative estimate of drug-likeness (QED) is 0.598. The van der Waals surface area contributed by atoms with Gasteiger partial charge in [-0.1, -0.05) is 22.0 Å². The Kier molecular flexibility index (Phi) is 5.64. The Hall–Kier alpha value is -0.0600. The van der Waals surface area contributed by atoms with Crippen molar-refractivity contribution in [2.45, 2.75) is 11.8 Å². The highest BCUT2D eigenvalue weighted by Crippen LogP contribution is 2.30. The fraction of sp³-hybridized carbons (Fsp3) is 0.455. The number of alkyl halides is 1. The maximum Gasteiger partial charge on any atom is 0.133 e. The van der Waals surface area contributed by atoms with Gasteiger partial charge >= 0.3 is 0 Å². The molecule has 0 amide bonds. The molecule has 4 heteroatoms. The van der Waals surface area contributed by atoms with E-state index in [4.69, 9.17) is 9.47 Å². The van der Waals surface area contributed by atoms with Gasteiger partial charge in [-0.25, -0.2) is 0 Å². The van der Waals surface area contributed by atoms with Crippen molar-refractivity contribution in [3.63, 3.8) is 0 Å². The molecule has 1 aromatic rings. The number of hydrogen-bond donors (Lipinski definition) is 0. The Morgan fingerprint density at radius 1 is 1.33 bits per heavy atom. The van der Waals surface area contributed by atoms with E-state index in [9.17, 15) is 0 Å². The van der Waals surface area contributed by atoms with Crippen molar-refractivity contribution in [3.8, 4) is 5.75 Å². The van der Waals surface area contributed by atoms with Gasteiger partial charge in [-0.2, -0.15) is 0 Å². The molecule has 1 atom stereocenters. The van der Waals surface area contributed by atoms with E-state index in [1.807, 2.05) is 12.1 Å². The first-order chi connectivity index (χ1) is 7.15. The summed E-state index contributed by atoms with van der Waals surface area (Å²) >= 11 is 7.00. The maximum absolute atomic E-state index is 5.52. The number of halogens is 2. The molecule has 15 heavy (non-hydrogen) atoms. The average molecular weight is 338 g/mol. The highest BCUT2D eigenvalue weighted by Gasteiger charge is 2.05. The average Bonchev–Trinajstić information content (AvgIpc) is 2.20. The van der Waals surface area contributed by atoms with Crippen LogP contribution >= 0.6 is 31.9 Å². The zero-order chi connectivity index (χ0) is 11.3. The first kappa shape index (κ1) is 13.0. The number of ether oxygens (including phenoxy) is 2.